The molecule has 31 heavy (non-hydrogen) atoms. The molecule has 0 amide bonds. The predicted octanol–water partition coefficient (Wildman–Crippen LogP) is 5.28. The molecule has 4 aliphatic carbocycles. The quantitative estimate of drug-likeness (QED) is 0.636. The monoisotopic (exact) mass is 416 g/mol. The lowest BCUT2D eigenvalue weighted by molar-refractivity contribution is -0.0872. The van der Waals surface area contributed by atoms with Gasteiger partial charge in [0.15, 0.2) is 0 Å². The van der Waals surface area contributed by atoms with E-state index in [1.54, 1.807) is 24.3 Å². The van der Waals surface area contributed by atoms with Gasteiger partial charge in [-0.05, 0) is 67.2 Å². The average Bonchev–Trinajstić information content (AvgIpc) is 3.50. The first-order valence-corrected chi connectivity index (χ1v) is 11.7. The fourth-order valence-corrected chi connectivity index (χ4v) is 7.33. The molecule has 0 N–H and O–H groups in total. The highest BCUT2D eigenvalue weighted by Gasteiger charge is 2.77. The third-order valence-electron chi connectivity index (χ3n) is 8.49. The van der Waals surface area contributed by atoms with Crippen molar-refractivity contribution in [3.05, 3.63) is 71.8 Å². The van der Waals surface area contributed by atoms with Crippen LogP contribution in [0.25, 0.3) is 0 Å². The molecule has 6 unspecified atom stereocenters. The van der Waals surface area contributed by atoms with Crippen LogP contribution in [-0.2, 0) is 9.47 Å². The molecule has 0 aromatic heterocycles. The number of rotatable bonds is 4. The molecule has 160 valence electrons. The number of carbonyl (C=O) groups is 2. The number of ether oxygens (including phenoxy) is 2. The second kappa shape index (κ2) is 7.22. The van der Waals surface area contributed by atoms with Gasteiger partial charge in [0.2, 0.25) is 0 Å². The first-order valence-electron chi connectivity index (χ1n) is 11.7. The van der Waals surface area contributed by atoms with Gasteiger partial charge in [-0.1, -0.05) is 49.2 Å². The van der Waals surface area contributed by atoms with E-state index in [2.05, 4.69) is 0 Å². The van der Waals surface area contributed by atoms with Crippen LogP contribution in [0.5, 0.6) is 0 Å². The van der Waals surface area contributed by atoms with Crippen molar-refractivity contribution in [1.82, 2.24) is 0 Å². The second-order valence-electron chi connectivity index (χ2n) is 9.87. The molecule has 1 spiro atoms. The van der Waals surface area contributed by atoms with Gasteiger partial charge in [0.05, 0.1) is 11.1 Å². The molecule has 6 rings (SSSR count). The normalized spacial score (nSPS) is 34.2. The maximum absolute atomic E-state index is 13.0. The molecule has 0 heterocycles. The summed E-state index contributed by atoms with van der Waals surface area (Å²) >= 11 is 0. The Labute approximate surface area is 182 Å². The Morgan fingerprint density at radius 3 is 1.48 bits per heavy atom. The van der Waals surface area contributed by atoms with E-state index in [0.29, 0.717) is 34.8 Å². The fraction of sp³-hybridized carbons (Fsp3) is 0.481. The zero-order valence-electron chi connectivity index (χ0n) is 17.6. The van der Waals surface area contributed by atoms with Crippen molar-refractivity contribution in [2.45, 2.75) is 50.7 Å². The van der Waals surface area contributed by atoms with Crippen molar-refractivity contribution in [3.8, 4) is 0 Å². The van der Waals surface area contributed by atoms with Crippen LogP contribution in [0.3, 0.4) is 0 Å². The van der Waals surface area contributed by atoms with Crippen LogP contribution in [0.1, 0.15) is 59.2 Å². The van der Waals surface area contributed by atoms with Gasteiger partial charge in [-0.15, -0.1) is 0 Å². The molecule has 2 aromatic carbocycles. The summed E-state index contributed by atoms with van der Waals surface area (Å²) in [5, 5.41) is 0. The minimum atomic E-state index is -0.341. The van der Waals surface area contributed by atoms with Crippen molar-refractivity contribution < 1.29 is 19.1 Å². The Morgan fingerprint density at radius 2 is 1.10 bits per heavy atom. The van der Waals surface area contributed by atoms with Crippen LogP contribution >= 0.6 is 0 Å². The Hall–Kier alpha value is -2.62. The lowest BCUT2D eigenvalue weighted by atomic mass is 9.69. The summed E-state index contributed by atoms with van der Waals surface area (Å²) in [6.45, 7) is 0. The molecular weight excluding hydrogens is 388 g/mol. The van der Waals surface area contributed by atoms with Gasteiger partial charge in [-0.25, -0.2) is 9.59 Å². The highest BCUT2D eigenvalue weighted by atomic mass is 16.6. The molecule has 4 fully saturated rings. The lowest BCUT2D eigenvalue weighted by Gasteiger charge is -2.42. The predicted molar refractivity (Wildman–Crippen MR) is 115 cm³/mol. The number of carbonyl (C=O) groups excluding carboxylic acids is 2. The number of hydrogen-bond donors (Lipinski definition) is 0. The summed E-state index contributed by atoms with van der Waals surface area (Å²) in [6, 6.07) is 18.3. The first-order chi connectivity index (χ1) is 15.2. The molecule has 4 saturated carbocycles. The van der Waals surface area contributed by atoms with Gasteiger partial charge in [0.25, 0.3) is 0 Å². The zero-order chi connectivity index (χ0) is 21.0. The summed E-state index contributed by atoms with van der Waals surface area (Å²) in [7, 11) is 0. The molecule has 0 saturated heterocycles. The minimum Gasteiger partial charge on any atom is -0.454 e. The summed E-state index contributed by atoms with van der Waals surface area (Å²) in [4.78, 5) is 26.0. The van der Waals surface area contributed by atoms with Crippen LogP contribution < -0.4 is 0 Å². The third-order valence-corrected chi connectivity index (χ3v) is 8.49. The molecule has 2 aromatic rings. The Kier molecular flexibility index (Phi) is 4.45. The maximum atomic E-state index is 13.0. The van der Waals surface area contributed by atoms with Crippen LogP contribution in [0, 0.1) is 29.1 Å². The van der Waals surface area contributed by atoms with E-state index in [1.807, 2.05) is 36.4 Å². The Balaban J connectivity index is 1.33. The van der Waals surface area contributed by atoms with Crippen LogP contribution in [0.15, 0.2) is 60.7 Å². The Bertz CT molecular complexity index is 903. The van der Waals surface area contributed by atoms with E-state index in [-0.39, 0.29) is 29.6 Å². The highest BCUT2D eigenvalue weighted by molar-refractivity contribution is 5.90. The summed E-state index contributed by atoms with van der Waals surface area (Å²) in [6.07, 6.45) is 6.61. The van der Waals surface area contributed by atoms with Crippen molar-refractivity contribution >= 4 is 11.9 Å². The van der Waals surface area contributed by atoms with Crippen molar-refractivity contribution in [2.75, 3.05) is 0 Å². The van der Waals surface area contributed by atoms with E-state index in [0.717, 1.165) is 0 Å². The van der Waals surface area contributed by atoms with Gasteiger partial charge in [0, 0.05) is 11.8 Å². The third kappa shape index (κ3) is 2.95. The Morgan fingerprint density at radius 1 is 0.677 bits per heavy atom. The summed E-state index contributed by atoms with van der Waals surface area (Å²) < 4.78 is 12.4. The van der Waals surface area contributed by atoms with Gasteiger partial charge in [-0.3, -0.25) is 0 Å². The van der Waals surface area contributed by atoms with E-state index in [1.165, 1.54) is 38.5 Å². The number of fused-ring (bicyclic) bond motifs is 3. The fourth-order valence-electron chi connectivity index (χ4n) is 7.33. The van der Waals surface area contributed by atoms with E-state index < -0.39 is 0 Å². The van der Waals surface area contributed by atoms with E-state index >= 15 is 0 Å². The van der Waals surface area contributed by atoms with Gasteiger partial charge in [0.1, 0.15) is 12.2 Å². The number of esters is 2. The highest BCUT2D eigenvalue weighted by Crippen LogP contribution is 2.77. The molecule has 2 bridgehead atoms. The van der Waals surface area contributed by atoms with Crippen molar-refractivity contribution in [2.24, 2.45) is 29.1 Å². The lowest BCUT2D eigenvalue weighted by Crippen LogP contribution is -2.47. The average molecular weight is 417 g/mol. The van der Waals surface area contributed by atoms with Crippen molar-refractivity contribution in [3.63, 3.8) is 0 Å². The molecular formula is C27H28O4. The molecule has 6 atom stereocenters. The molecule has 0 aliphatic heterocycles. The second-order valence-corrected chi connectivity index (χ2v) is 9.87. The van der Waals surface area contributed by atoms with Gasteiger partial charge >= 0.3 is 11.9 Å². The number of hydrogen-bond acceptors (Lipinski definition) is 4. The summed E-state index contributed by atoms with van der Waals surface area (Å²) in [5.41, 5.74) is 1.33. The van der Waals surface area contributed by atoms with Crippen LogP contribution in [0.2, 0.25) is 0 Å². The molecule has 4 heteroatoms. The van der Waals surface area contributed by atoms with E-state index in [9.17, 15) is 9.59 Å². The largest absolute Gasteiger partial charge is 0.454 e. The molecule has 4 aliphatic rings. The first kappa shape index (κ1) is 19.1. The van der Waals surface area contributed by atoms with Gasteiger partial charge in [-0.2, -0.15) is 0 Å². The smallest absolute Gasteiger partial charge is 0.338 e. The minimum absolute atomic E-state index is 0.211. The summed E-state index contributed by atoms with van der Waals surface area (Å²) in [5.74, 6) is 1.24. The SMILES string of the molecule is O=C(OC1C(OC(=O)c2ccccc2)C2C3CCCCC3C1C21CC1)c1ccccc1. The standard InChI is InChI=1S/C27H28O4/c28-25(17-9-3-1-4-10-17)30-23-21-19-13-7-8-14-20(19)22(27(21)15-16-27)24(23)31-26(29)18-11-5-2-6-12-18/h1-6,9-12,19-24H,7-8,13-16H2. The maximum Gasteiger partial charge on any atom is 0.338 e. The molecule has 4 nitrogen and oxygen atoms in total. The van der Waals surface area contributed by atoms with E-state index in [4.69, 9.17) is 9.47 Å². The van der Waals surface area contributed by atoms with Crippen molar-refractivity contribution in [1.29, 1.82) is 0 Å². The van der Waals surface area contributed by atoms with Crippen LogP contribution in [-0.4, -0.2) is 24.1 Å². The topological polar surface area (TPSA) is 52.6 Å². The number of benzene rings is 2. The molecule has 0 radical (unpaired) electrons. The van der Waals surface area contributed by atoms with Crippen LogP contribution in [0.4, 0.5) is 0 Å². The van der Waals surface area contributed by atoms with Gasteiger partial charge < -0.3 is 9.47 Å². The zero-order valence-corrected chi connectivity index (χ0v) is 17.6.